The van der Waals surface area contributed by atoms with Crippen molar-refractivity contribution in [2.24, 2.45) is 17.8 Å². The summed E-state index contributed by atoms with van der Waals surface area (Å²) in [5, 5.41) is 3.61. The summed E-state index contributed by atoms with van der Waals surface area (Å²) in [6.45, 7) is 3.23. The zero-order valence-electron chi connectivity index (χ0n) is 10.7. The first-order valence-electron chi connectivity index (χ1n) is 7.12. The second-order valence-electron chi connectivity index (χ2n) is 5.84. The van der Waals surface area contributed by atoms with Crippen molar-refractivity contribution >= 4 is 0 Å². The summed E-state index contributed by atoms with van der Waals surface area (Å²) in [6.07, 6.45) is 11.0. The van der Waals surface area contributed by atoms with Crippen LogP contribution in [0.3, 0.4) is 0 Å². The molecule has 4 atom stereocenters. The van der Waals surface area contributed by atoms with Crippen molar-refractivity contribution in [1.82, 2.24) is 5.32 Å². The van der Waals surface area contributed by atoms with Gasteiger partial charge < -0.3 is 9.73 Å². The summed E-state index contributed by atoms with van der Waals surface area (Å²) in [6, 6.07) is 2.61. The normalized spacial score (nSPS) is 33.1. The van der Waals surface area contributed by atoms with Crippen LogP contribution in [0.1, 0.15) is 50.6 Å². The molecule has 1 N–H and O–H groups in total. The van der Waals surface area contributed by atoms with Crippen LogP contribution in [-0.2, 0) is 0 Å². The minimum Gasteiger partial charge on any atom is -0.472 e. The van der Waals surface area contributed by atoms with Crippen LogP contribution in [0.2, 0.25) is 0 Å². The van der Waals surface area contributed by atoms with E-state index in [2.05, 4.69) is 18.3 Å². The second-order valence-corrected chi connectivity index (χ2v) is 5.84. The maximum atomic E-state index is 5.23. The Kier molecular flexibility index (Phi) is 3.24. The molecule has 1 aromatic heterocycles. The van der Waals surface area contributed by atoms with Gasteiger partial charge in [-0.1, -0.05) is 13.3 Å². The summed E-state index contributed by atoms with van der Waals surface area (Å²) < 4.78 is 5.23. The molecule has 2 aliphatic rings. The lowest BCUT2D eigenvalue weighted by atomic mass is 9.83. The molecule has 2 nitrogen and oxygen atoms in total. The maximum Gasteiger partial charge on any atom is 0.0950 e. The molecule has 2 saturated carbocycles. The van der Waals surface area contributed by atoms with Crippen molar-refractivity contribution in [3.05, 3.63) is 24.2 Å². The van der Waals surface area contributed by atoms with Gasteiger partial charge in [-0.15, -0.1) is 0 Å². The average Bonchev–Trinajstić information content (AvgIpc) is 3.06. The number of hydrogen-bond donors (Lipinski definition) is 1. The Morgan fingerprint density at radius 1 is 1.41 bits per heavy atom. The predicted octanol–water partition coefficient (Wildman–Crippen LogP) is 3.76. The van der Waals surface area contributed by atoms with E-state index in [0.717, 1.165) is 24.3 Å². The van der Waals surface area contributed by atoms with Gasteiger partial charge in [0.15, 0.2) is 0 Å². The smallest absolute Gasteiger partial charge is 0.0950 e. The molecule has 2 heteroatoms. The second kappa shape index (κ2) is 4.85. The number of fused-ring (bicyclic) bond motifs is 2. The molecule has 1 aromatic rings. The van der Waals surface area contributed by atoms with Crippen LogP contribution in [-0.4, -0.2) is 6.54 Å². The quantitative estimate of drug-likeness (QED) is 0.837. The van der Waals surface area contributed by atoms with Gasteiger partial charge in [-0.3, -0.25) is 0 Å². The van der Waals surface area contributed by atoms with Gasteiger partial charge in [0.2, 0.25) is 0 Å². The lowest BCUT2D eigenvalue weighted by Gasteiger charge is -2.26. The van der Waals surface area contributed by atoms with Crippen molar-refractivity contribution < 1.29 is 4.42 Å². The third-order valence-electron chi connectivity index (χ3n) is 4.82. The van der Waals surface area contributed by atoms with Crippen molar-refractivity contribution in [1.29, 1.82) is 0 Å². The van der Waals surface area contributed by atoms with Crippen LogP contribution >= 0.6 is 0 Å². The fraction of sp³-hybridized carbons (Fsp3) is 0.733. The molecule has 0 saturated heterocycles. The van der Waals surface area contributed by atoms with Gasteiger partial charge in [0.1, 0.15) is 0 Å². The van der Waals surface area contributed by atoms with Gasteiger partial charge in [-0.25, -0.2) is 0 Å². The molecule has 3 rings (SSSR count). The highest BCUT2D eigenvalue weighted by Crippen LogP contribution is 2.50. The Labute approximate surface area is 104 Å². The van der Waals surface area contributed by atoms with E-state index < -0.39 is 0 Å². The molecule has 0 amide bonds. The molecule has 0 aromatic carbocycles. The van der Waals surface area contributed by atoms with Crippen LogP contribution in [0, 0.1) is 17.8 Å². The molecule has 17 heavy (non-hydrogen) atoms. The van der Waals surface area contributed by atoms with Gasteiger partial charge >= 0.3 is 0 Å². The van der Waals surface area contributed by atoms with E-state index in [4.69, 9.17) is 4.42 Å². The third-order valence-corrected chi connectivity index (χ3v) is 4.82. The first-order chi connectivity index (χ1) is 8.36. The van der Waals surface area contributed by atoms with Crippen LogP contribution < -0.4 is 5.32 Å². The molecule has 2 fully saturated rings. The van der Waals surface area contributed by atoms with Gasteiger partial charge in [-0.05, 0) is 56.0 Å². The molecule has 0 aliphatic heterocycles. The number of hydrogen-bond acceptors (Lipinski definition) is 2. The maximum absolute atomic E-state index is 5.23. The first kappa shape index (κ1) is 11.3. The van der Waals surface area contributed by atoms with E-state index in [1.54, 1.807) is 6.26 Å². The van der Waals surface area contributed by atoms with E-state index in [-0.39, 0.29) is 0 Å². The molecule has 1 heterocycles. The Bertz CT molecular complexity index is 346. The Balaban J connectivity index is 1.65. The summed E-state index contributed by atoms with van der Waals surface area (Å²) in [4.78, 5) is 0. The van der Waals surface area contributed by atoms with Gasteiger partial charge in [0.05, 0.1) is 12.5 Å². The van der Waals surface area contributed by atoms with Crippen LogP contribution in [0.15, 0.2) is 23.0 Å². The van der Waals surface area contributed by atoms with Crippen LogP contribution in [0.25, 0.3) is 0 Å². The number of furan rings is 1. The first-order valence-corrected chi connectivity index (χ1v) is 7.12. The zero-order valence-corrected chi connectivity index (χ0v) is 10.7. The average molecular weight is 233 g/mol. The molecule has 0 radical (unpaired) electrons. The lowest BCUT2D eigenvalue weighted by molar-refractivity contribution is 0.280. The largest absolute Gasteiger partial charge is 0.472 e. The molecular weight excluding hydrogens is 210 g/mol. The summed E-state index contributed by atoms with van der Waals surface area (Å²) >= 11 is 0. The number of rotatable bonds is 5. The van der Waals surface area contributed by atoms with E-state index in [1.807, 2.05) is 6.26 Å². The van der Waals surface area contributed by atoms with Crippen molar-refractivity contribution in [2.45, 2.75) is 45.1 Å². The molecule has 94 valence electrons. The highest BCUT2D eigenvalue weighted by molar-refractivity contribution is 5.12. The predicted molar refractivity (Wildman–Crippen MR) is 68.7 cm³/mol. The van der Waals surface area contributed by atoms with E-state index in [9.17, 15) is 0 Å². The standard InChI is InChI=1S/C15H23NO/c1-2-16-15(13-5-6-17-10-13)9-14-8-11-3-4-12(14)7-11/h5-6,10-12,14-16H,2-4,7-9H2,1H3. The minimum absolute atomic E-state index is 0.503. The van der Waals surface area contributed by atoms with E-state index in [0.29, 0.717) is 6.04 Å². The van der Waals surface area contributed by atoms with Crippen molar-refractivity contribution in [3.8, 4) is 0 Å². The molecular formula is C15H23NO. The lowest BCUT2D eigenvalue weighted by Crippen LogP contribution is -2.25. The van der Waals surface area contributed by atoms with E-state index >= 15 is 0 Å². The summed E-state index contributed by atoms with van der Waals surface area (Å²) in [5.41, 5.74) is 1.33. The minimum atomic E-state index is 0.503. The molecule has 4 unspecified atom stereocenters. The highest BCUT2D eigenvalue weighted by Gasteiger charge is 2.40. The molecule has 0 spiro atoms. The highest BCUT2D eigenvalue weighted by atomic mass is 16.3. The van der Waals surface area contributed by atoms with Gasteiger partial charge in [0, 0.05) is 11.6 Å². The van der Waals surface area contributed by atoms with E-state index in [1.165, 1.54) is 37.7 Å². The number of nitrogens with one attached hydrogen (secondary N) is 1. The SMILES string of the molecule is CCNC(CC1CC2CCC1C2)c1ccoc1. The van der Waals surface area contributed by atoms with Crippen molar-refractivity contribution in [2.75, 3.05) is 6.54 Å². The van der Waals surface area contributed by atoms with Gasteiger partial charge in [0.25, 0.3) is 0 Å². The fourth-order valence-electron chi connectivity index (χ4n) is 4.02. The Morgan fingerprint density at radius 3 is 2.94 bits per heavy atom. The molecule has 2 aliphatic carbocycles. The van der Waals surface area contributed by atoms with Gasteiger partial charge in [-0.2, -0.15) is 0 Å². The fourth-order valence-corrected chi connectivity index (χ4v) is 4.02. The summed E-state index contributed by atoms with van der Waals surface area (Å²) in [7, 11) is 0. The molecule has 2 bridgehead atoms. The summed E-state index contributed by atoms with van der Waals surface area (Å²) in [5.74, 6) is 3.03. The Morgan fingerprint density at radius 2 is 2.35 bits per heavy atom. The van der Waals surface area contributed by atoms with Crippen LogP contribution in [0.5, 0.6) is 0 Å². The monoisotopic (exact) mass is 233 g/mol. The topological polar surface area (TPSA) is 25.2 Å². The Hall–Kier alpha value is -0.760. The van der Waals surface area contributed by atoms with Crippen LogP contribution in [0.4, 0.5) is 0 Å². The van der Waals surface area contributed by atoms with Crippen molar-refractivity contribution in [3.63, 3.8) is 0 Å². The zero-order chi connectivity index (χ0) is 11.7. The third kappa shape index (κ3) is 2.28.